The average Bonchev–Trinajstić information content (AvgIpc) is 3.31. The van der Waals surface area contributed by atoms with Gasteiger partial charge in [0.2, 0.25) is 0 Å². The second-order valence-electron chi connectivity index (χ2n) is 9.58. The van der Waals surface area contributed by atoms with Crippen molar-refractivity contribution in [1.29, 1.82) is 0 Å². The Hall–Kier alpha value is -4.70. The predicted octanol–water partition coefficient (Wildman–Crippen LogP) is 7.60. The second kappa shape index (κ2) is 9.31. The number of benzene rings is 4. The summed E-state index contributed by atoms with van der Waals surface area (Å²) in [4.78, 5) is 28.3. The molecule has 0 bridgehead atoms. The number of nitrogens with zero attached hydrogens (tertiary/aromatic N) is 1. The number of fused-ring (bicyclic) bond motifs is 2. The number of carbonyl (C=O) groups is 2. The van der Waals surface area contributed by atoms with Crippen LogP contribution in [0.15, 0.2) is 97.1 Å². The third-order valence-electron chi connectivity index (χ3n) is 7.28. The number of ketones is 2. The quantitative estimate of drug-likeness (QED) is 0.246. The van der Waals surface area contributed by atoms with Crippen molar-refractivity contribution in [2.24, 2.45) is 0 Å². The molecule has 1 aliphatic rings. The summed E-state index contributed by atoms with van der Waals surface area (Å²) in [7, 11) is 0. The van der Waals surface area contributed by atoms with Crippen LogP contribution in [-0.4, -0.2) is 22.7 Å². The summed E-state index contributed by atoms with van der Waals surface area (Å²) in [6.45, 7) is 6.67. The molecule has 4 aromatic carbocycles. The minimum Gasteiger partial charge on any atom is -0.494 e. The summed E-state index contributed by atoms with van der Waals surface area (Å²) in [5.74, 6) is 0.480. The SMILES string of the molecule is CCOc1ccc(-c2c3c(c(-c4ccccc4)n2-c2ccc(C)c(C)c2)C(=O)c2ccccc2C3=O)cc1. The molecule has 1 aliphatic carbocycles. The minimum atomic E-state index is -0.140. The maximum absolute atomic E-state index is 14.2. The van der Waals surface area contributed by atoms with Gasteiger partial charge >= 0.3 is 0 Å². The van der Waals surface area contributed by atoms with Crippen LogP contribution >= 0.6 is 0 Å². The van der Waals surface area contributed by atoms with Crippen molar-refractivity contribution in [3.63, 3.8) is 0 Å². The highest BCUT2D eigenvalue weighted by Crippen LogP contribution is 2.44. The van der Waals surface area contributed by atoms with Gasteiger partial charge in [-0.05, 0) is 79.4 Å². The third-order valence-corrected chi connectivity index (χ3v) is 7.28. The summed E-state index contributed by atoms with van der Waals surface area (Å²) in [6, 6.07) is 31.0. The van der Waals surface area contributed by atoms with Gasteiger partial charge < -0.3 is 9.30 Å². The fraction of sp³-hybridized carbons (Fsp3) is 0.118. The van der Waals surface area contributed by atoms with Gasteiger partial charge in [0, 0.05) is 16.8 Å². The second-order valence-corrected chi connectivity index (χ2v) is 9.58. The van der Waals surface area contributed by atoms with Crippen molar-refractivity contribution in [1.82, 2.24) is 4.57 Å². The molecule has 1 heterocycles. The normalized spacial score (nSPS) is 12.3. The van der Waals surface area contributed by atoms with Crippen molar-refractivity contribution in [3.05, 3.63) is 130 Å². The van der Waals surface area contributed by atoms with Crippen LogP contribution < -0.4 is 4.74 Å². The average molecular weight is 498 g/mol. The maximum Gasteiger partial charge on any atom is 0.196 e. The topological polar surface area (TPSA) is 48.3 Å². The van der Waals surface area contributed by atoms with Gasteiger partial charge in [0.25, 0.3) is 0 Å². The number of carbonyl (C=O) groups excluding carboxylic acids is 2. The van der Waals surface area contributed by atoms with Crippen molar-refractivity contribution in [2.45, 2.75) is 20.8 Å². The minimum absolute atomic E-state index is 0.135. The summed E-state index contributed by atoms with van der Waals surface area (Å²) in [6.07, 6.45) is 0. The fourth-order valence-electron chi connectivity index (χ4n) is 5.30. The molecule has 0 atom stereocenters. The van der Waals surface area contributed by atoms with Crippen LogP contribution in [0.5, 0.6) is 5.75 Å². The van der Waals surface area contributed by atoms with E-state index in [-0.39, 0.29) is 11.6 Å². The first-order valence-electron chi connectivity index (χ1n) is 12.8. The first kappa shape index (κ1) is 23.7. The first-order chi connectivity index (χ1) is 18.5. The van der Waals surface area contributed by atoms with E-state index in [1.165, 1.54) is 5.56 Å². The van der Waals surface area contributed by atoms with Gasteiger partial charge in [-0.15, -0.1) is 0 Å². The summed E-state index contributed by atoms with van der Waals surface area (Å²) >= 11 is 0. The summed E-state index contributed by atoms with van der Waals surface area (Å²) in [5, 5.41) is 0. The highest BCUT2D eigenvalue weighted by Gasteiger charge is 2.39. The standard InChI is InChI=1S/C34H27NO3/c1-4-38-26-18-15-24(16-19-26)32-30-29(33(36)27-12-8-9-13-28(27)34(30)37)31(23-10-6-5-7-11-23)35(32)25-17-14-21(2)22(3)20-25/h5-20H,4H2,1-3H3. The summed E-state index contributed by atoms with van der Waals surface area (Å²) in [5.41, 5.74) is 8.11. The van der Waals surface area contributed by atoms with E-state index in [2.05, 4.69) is 36.6 Å². The highest BCUT2D eigenvalue weighted by atomic mass is 16.5. The molecule has 0 radical (unpaired) electrons. The Morgan fingerprint density at radius 1 is 0.632 bits per heavy atom. The number of hydrogen-bond acceptors (Lipinski definition) is 3. The largest absolute Gasteiger partial charge is 0.494 e. The molecular weight excluding hydrogens is 470 g/mol. The van der Waals surface area contributed by atoms with E-state index in [0.29, 0.717) is 34.6 Å². The Morgan fingerprint density at radius 2 is 1.18 bits per heavy atom. The van der Waals surface area contributed by atoms with Crippen molar-refractivity contribution >= 4 is 11.6 Å². The Bertz CT molecular complexity index is 1710. The monoisotopic (exact) mass is 497 g/mol. The zero-order valence-corrected chi connectivity index (χ0v) is 21.6. The van der Waals surface area contributed by atoms with E-state index < -0.39 is 0 Å². The highest BCUT2D eigenvalue weighted by molar-refractivity contribution is 6.32. The Morgan fingerprint density at radius 3 is 1.74 bits per heavy atom. The van der Waals surface area contributed by atoms with Crippen LogP contribution in [0.1, 0.15) is 49.9 Å². The molecule has 0 fully saturated rings. The first-order valence-corrected chi connectivity index (χ1v) is 12.8. The molecule has 6 rings (SSSR count). The van der Waals surface area contributed by atoms with E-state index in [4.69, 9.17) is 4.74 Å². The van der Waals surface area contributed by atoms with Gasteiger partial charge in [0.1, 0.15) is 5.75 Å². The molecule has 1 aromatic heterocycles. The Balaban J connectivity index is 1.76. The smallest absolute Gasteiger partial charge is 0.196 e. The molecule has 38 heavy (non-hydrogen) atoms. The molecule has 4 nitrogen and oxygen atoms in total. The molecule has 0 saturated carbocycles. The number of aryl methyl sites for hydroxylation is 2. The van der Waals surface area contributed by atoms with Crippen LogP contribution in [0.25, 0.3) is 28.2 Å². The lowest BCUT2D eigenvalue weighted by Crippen LogP contribution is -2.20. The van der Waals surface area contributed by atoms with Gasteiger partial charge in [-0.2, -0.15) is 0 Å². The van der Waals surface area contributed by atoms with Gasteiger partial charge in [0.15, 0.2) is 11.6 Å². The van der Waals surface area contributed by atoms with Crippen LogP contribution in [0.3, 0.4) is 0 Å². The van der Waals surface area contributed by atoms with Crippen LogP contribution in [-0.2, 0) is 0 Å². The lowest BCUT2D eigenvalue weighted by atomic mass is 9.83. The van der Waals surface area contributed by atoms with E-state index in [9.17, 15) is 9.59 Å². The zero-order chi connectivity index (χ0) is 26.4. The lowest BCUT2D eigenvalue weighted by Gasteiger charge is -2.17. The molecule has 0 N–H and O–H groups in total. The van der Waals surface area contributed by atoms with E-state index in [1.54, 1.807) is 12.1 Å². The number of ether oxygens (including phenoxy) is 1. The molecule has 0 aliphatic heterocycles. The third kappa shape index (κ3) is 3.69. The summed E-state index contributed by atoms with van der Waals surface area (Å²) < 4.78 is 7.77. The van der Waals surface area contributed by atoms with E-state index in [0.717, 1.165) is 33.8 Å². The molecule has 0 spiro atoms. The molecule has 0 unspecified atom stereocenters. The Kier molecular flexibility index (Phi) is 5.80. The van der Waals surface area contributed by atoms with Gasteiger partial charge in [-0.3, -0.25) is 9.59 Å². The number of rotatable bonds is 5. The molecule has 186 valence electrons. The van der Waals surface area contributed by atoms with Crippen molar-refractivity contribution < 1.29 is 14.3 Å². The fourth-order valence-corrected chi connectivity index (χ4v) is 5.30. The molecule has 4 heteroatoms. The van der Waals surface area contributed by atoms with Gasteiger partial charge in [0.05, 0.1) is 29.1 Å². The molecule has 0 amide bonds. The lowest BCUT2D eigenvalue weighted by molar-refractivity contribution is 0.0981. The van der Waals surface area contributed by atoms with Crippen molar-refractivity contribution in [2.75, 3.05) is 6.61 Å². The van der Waals surface area contributed by atoms with Crippen molar-refractivity contribution in [3.8, 4) is 34.0 Å². The Labute approximate surface area is 222 Å². The van der Waals surface area contributed by atoms with E-state index in [1.807, 2.05) is 73.7 Å². The predicted molar refractivity (Wildman–Crippen MR) is 151 cm³/mol. The van der Waals surface area contributed by atoms with Crippen LogP contribution in [0.4, 0.5) is 0 Å². The van der Waals surface area contributed by atoms with Gasteiger partial charge in [-0.1, -0.05) is 60.7 Å². The number of aromatic nitrogens is 1. The molecule has 5 aromatic rings. The molecule has 0 saturated heterocycles. The van der Waals surface area contributed by atoms with Crippen LogP contribution in [0, 0.1) is 13.8 Å². The molecular formula is C34H27NO3. The van der Waals surface area contributed by atoms with Crippen LogP contribution in [0.2, 0.25) is 0 Å². The number of hydrogen-bond donors (Lipinski definition) is 0. The zero-order valence-electron chi connectivity index (χ0n) is 21.6. The maximum atomic E-state index is 14.2. The van der Waals surface area contributed by atoms with E-state index >= 15 is 0 Å². The van der Waals surface area contributed by atoms with Gasteiger partial charge in [-0.25, -0.2) is 0 Å².